The van der Waals surface area contributed by atoms with Gasteiger partial charge in [-0.1, -0.05) is 41.9 Å². The van der Waals surface area contributed by atoms with Crippen LogP contribution in [-0.4, -0.2) is 35.8 Å². The Kier molecular flexibility index (Phi) is 5.03. The van der Waals surface area contributed by atoms with Gasteiger partial charge in [-0.15, -0.1) is 0 Å². The minimum absolute atomic E-state index is 0.133. The summed E-state index contributed by atoms with van der Waals surface area (Å²) in [6, 6.07) is 14.9. The Morgan fingerprint density at radius 2 is 1.81 bits per heavy atom. The van der Waals surface area contributed by atoms with E-state index in [4.69, 9.17) is 11.6 Å². The summed E-state index contributed by atoms with van der Waals surface area (Å²) < 4.78 is 0. The fourth-order valence-corrected chi connectivity index (χ4v) is 3.37. The van der Waals surface area contributed by atoms with E-state index in [2.05, 4.69) is 5.32 Å². The van der Waals surface area contributed by atoms with Gasteiger partial charge in [-0.2, -0.15) is 0 Å². The van der Waals surface area contributed by atoms with E-state index in [1.54, 1.807) is 24.8 Å². The predicted octanol–water partition coefficient (Wildman–Crippen LogP) is 3.54. The lowest BCUT2D eigenvalue weighted by atomic mass is 9.96. The molecule has 0 fully saturated rings. The van der Waals surface area contributed by atoms with Crippen LogP contribution < -0.4 is 10.2 Å². The number of benzene rings is 2. The van der Waals surface area contributed by atoms with Gasteiger partial charge in [-0.25, -0.2) is 0 Å². The van der Waals surface area contributed by atoms with Gasteiger partial charge >= 0.3 is 0 Å². The number of nitrogens with zero attached hydrogens (tertiary/aromatic N) is 2. The molecule has 1 N–H and O–H groups in total. The second-order valence-corrected chi connectivity index (χ2v) is 7.43. The van der Waals surface area contributed by atoms with Crippen molar-refractivity contribution in [3.8, 4) is 0 Å². The Morgan fingerprint density at radius 3 is 2.54 bits per heavy atom. The SMILES string of the molecule is CN(CC(=O)N1c2ccccc2NC(=O)C1(C)C)Cc1ccccc1Cl. The maximum atomic E-state index is 13.1. The van der Waals surface area contributed by atoms with Crippen LogP contribution in [0.25, 0.3) is 0 Å². The standard InChI is InChI=1S/C20H22ClN3O2/c1-20(2)19(26)22-16-10-6-7-11-17(16)24(20)18(25)13-23(3)12-14-8-4-5-9-15(14)21/h4-11H,12-13H2,1-3H3,(H,22,26). The third-order valence-corrected chi connectivity index (χ3v) is 4.93. The molecule has 2 amide bonds. The number of hydrogen-bond acceptors (Lipinski definition) is 3. The minimum Gasteiger partial charge on any atom is -0.322 e. The van der Waals surface area contributed by atoms with Gasteiger partial charge < -0.3 is 5.32 Å². The quantitative estimate of drug-likeness (QED) is 0.894. The van der Waals surface area contributed by atoms with Crippen molar-refractivity contribution in [2.24, 2.45) is 0 Å². The van der Waals surface area contributed by atoms with Crippen molar-refractivity contribution in [3.05, 3.63) is 59.1 Å². The number of likely N-dealkylation sites (N-methyl/N-ethyl adjacent to an activating group) is 1. The molecule has 2 aromatic carbocycles. The molecule has 26 heavy (non-hydrogen) atoms. The Labute approximate surface area is 158 Å². The number of halogens is 1. The number of hydrogen-bond donors (Lipinski definition) is 1. The minimum atomic E-state index is -0.962. The lowest BCUT2D eigenvalue weighted by Gasteiger charge is -2.42. The molecule has 0 saturated heterocycles. The van der Waals surface area contributed by atoms with Crippen LogP contribution >= 0.6 is 11.6 Å². The van der Waals surface area contributed by atoms with Crippen molar-refractivity contribution in [1.82, 2.24) is 4.90 Å². The van der Waals surface area contributed by atoms with Gasteiger partial charge in [0.1, 0.15) is 5.54 Å². The van der Waals surface area contributed by atoms with E-state index < -0.39 is 5.54 Å². The molecule has 0 spiro atoms. The summed E-state index contributed by atoms with van der Waals surface area (Å²) in [5.41, 5.74) is 1.36. The molecular weight excluding hydrogens is 350 g/mol. The molecule has 1 heterocycles. The van der Waals surface area contributed by atoms with Gasteiger partial charge in [-0.05, 0) is 44.7 Å². The second kappa shape index (κ2) is 7.09. The van der Waals surface area contributed by atoms with E-state index in [-0.39, 0.29) is 18.4 Å². The van der Waals surface area contributed by atoms with Crippen LogP contribution in [-0.2, 0) is 16.1 Å². The van der Waals surface area contributed by atoms with Gasteiger partial charge in [0.15, 0.2) is 0 Å². The average Bonchev–Trinajstić information content (AvgIpc) is 2.57. The lowest BCUT2D eigenvalue weighted by molar-refractivity contribution is -0.127. The number of rotatable bonds is 4. The predicted molar refractivity (Wildman–Crippen MR) is 104 cm³/mol. The molecule has 0 radical (unpaired) electrons. The highest BCUT2D eigenvalue weighted by molar-refractivity contribution is 6.31. The molecule has 1 aliphatic heterocycles. The van der Waals surface area contributed by atoms with Gasteiger partial charge in [-0.3, -0.25) is 19.4 Å². The molecule has 0 saturated carbocycles. The molecule has 136 valence electrons. The highest BCUT2D eigenvalue weighted by atomic mass is 35.5. The van der Waals surface area contributed by atoms with Crippen molar-refractivity contribution in [3.63, 3.8) is 0 Å². The molecule has 5 nitrogen and oxygen atoms in total. The Bertz CT molecular complexity index is 850. The Morgan fingerprint density at radius 1 is 1.15 bits per heavy atom. The molecule has 3 rings (SSSR count). The Balaban J connectivity index is 1.82. The van der Waals surface area contributed by atoms with Crippen LogP contribution in [0.5, 0.6) is 0 Å². The zero-order valence-electron chi connectivity index (χ0n) is 15.1. The average molecular weight is 372 g/mol. The van der Waals surface area contributed by atoms with Gasteiger partial charge in [0.05, 0.1) is 17.9 Å². The first kappa shape index (κ1) is 18.4. The van der Waals surface area contributed by atoms with Gasteiger partial charge in [0.2, 0.25) is 11.8 Å². The number of nitrogens with one attached hydrogen (secondary N) is 1. The van der Waals surface area contributed by atoms with E-state index in [1.807, 2.05) is 54.4 Å². The maximum absolute atomic E-state index is 13.1. The van der Waals surface area contributed by atoms with E-state index in [0.29, 0.717) is 22.9 Å². The number of para-hydroxylation sites is 2. The number of carbonyl (C=O) groups excluding carboxylic acids is 2. The summed E-state index contributed by atoms with van der Waals surface area (Å²) in [5.74, 6) is -0.329. The molecule has 0 aliphatic carbocycles. The van der Waals surface area contributed by atoms with E-state index >= 15 is 0 Å². The highest BCUT2D eigenvalue weighted by Crippen LogP contribution is 2.36. The second-order valence-electron chi connectivity index (χ2n) is 7.02. The summed E-state index contributed by atoms with van der Waals surface area (Å²) in [4.78, 5) is 29.0. The summed E-state index contributed by atoms with van der Waals surface area (Å²) in [5, 5.41) is 3.55. The largest absolute Gasteiger partial charge is 0.322 e. The first-order valence-electron chi connectivity index (χ1n) is 8.46. The number of amides is 2. The summed E-state index contributed by atoms with van der Waals surface area (Å²) in [7, 11) is 1.87. The van der Waals surface area contributed by atoms with E-state index in [9.17, 15) is 9.59 Å². The van der Waals surface area contributed by atoms with Gasteiger partial charge in [0, 0.05) is 11.6 Å². The fraction of sp³-hybridized carbons (Fsp3) is 0.300. The topological polar surface area (TPSA) is 52.7 Å². The Hall–Kier alpha value is -2.37. The highest BCUT2D eigenvalue weighted by Gasteiger charge is 2.43. The van der Waals surface area contributed by atoms with Crippen molar-refractivity contribution < 1.29 is 9.59 Å². The molecule has 0 aromatic heterocycles. The van der Waals surface area contributed by atoms with E-state index in [0.717, 1.165) is 5.56 Å². The smallest absolute Gasteiger partial charge is 0.250 e. The van der Waals surface area contributed by atoms with Crippen LogP contribution in [0.3, 0.4) is 0 Å². The molecule has 0 bridgehead atoms. The van der Waals surface area contributed by atoms with Crippen molar-refractivity contribution in [1.29, 1.82) is 0 Å². The number of fused-ring (bicyclic) bond motifs is 1. The monoisotopic (exact) mass is 371 g/mol. The maximum Gasteiger partial charge on any atom is 0.250 e. The van der Waals surface area contributed by atoms with E-state index in [1.165, 1.54) is 0 Å². The number of carbonyl (C=O) groups is 2. The van der Waals surface area contributed by atoms with Crippen LogP contribution in [0.15, 0.2) is 48.5 Å². The van der Waals surface area contributed by atoms with Crippen LogP contribution in [0.1, 0.15) is 19.4 Å². The molecule has 6 heteroatoms. The molecule has 1 aliphatic rings. The zero-order chi connectivity index (χ0) is 18.9. The molecular formula is C20H22ClN3O2. The van der Waals surface area contributed by atoms with Crippen molar-refractivity contribution in [2.75, 3.05) is 23.8 Å². The fourth-order valence-electron chi connectivity index (χ4n) is 3.17. The van der Waals surface area contributed by atoms with Crippen LogP contribution in [0, 0.1) is 0 Å². The lowest BCUT2D eigenvalue weighted by Crippen LogP contribution is -2.60. The first-order valence-corrected chi connectivity index (χ1v) is 8.84. The van der Waals surface area contributed by atoms with Crippen LogP contribution in [0.4, 0.5) is 11.4 Å². The van der Waals surface area contributed by atoms with Crippen LogP contribution in [0.2, 0.25) is 5.02 Å². The molecule has 0 unspecified atom stereocenters. The summed E-state index contributed by atoms with van der Waals surface area (Å²) in [6.07, 6.45) is 0. The zero-order valence-corrected chi connectivity index (χ0v) is 15.9. The van der Waals surface area contributed by atoms with Crippen molar-refractivity contribution in [2.45, 2.75) is 25.9 Å². The summed E-state index contributed by atoms with van der Waals surface area (Å²) >= 11 is 6.21. The molecule has 2 aromatic rings. The van der Waals surface area contributed by atoms with Gasteiger partial charge in [0.25, 0.3) is 0 Å². The third kappa shape index (κ3) is 3.45. The molecule has 0 atom stereocenters. The first-order chi connectivity index (χ1) is 12.3. The van der Waals surface area contributed by atoms with Crippen molar-refractivity contribution >= 4 is 34.8 Å². The third-order valence-electron chi connectivity index (χ3n) is 4.56. The number of anilines is 2. The summed E-state index contributed by atoms with van der Waals surface area (Å²) in [6.45, 7) is 4.23. The normalized spacial score (nSPS) is 15.6.